The third-order valence-corrected chi connectivity index (χ3v) is 1.88. The van der Waals surface area contributed by atoms with Crippen molar-refractivity contribution < 1.29 is 13.6 Å². The first-order valence-corrected chi connectivity index (χ1v) is 5.04. The number of nitrogens with one attached hydrogen (secondary N) is 1. The Bertz CT molecular complexity index is 212. The molecule has 0 aliphatic rings. The summed E-state index contributed by atoms with van der Waals surface area (Å²) in [4.78, 5) is 12.7. The van der Waals surface area contributed by atoms with Gasteiger partial charge in [-0.1, -0.05) is 0 Å². The molecule has 1 atom stereocenters. The maximum Gasteiger partial charge on any atom is 0.328 e. The third kappa shape index (κ3) is 4.23. The second-order valence-electron chi connectivity index (χ2n) is 3.56. The Morgan fingerprint density at radius 2 is 2.00 bits per heavy atom. The molecule has 0 spiro atoms. The van der Waals surface area contributed by atoms with Crippen LogP contribution in [0.3, 0.4) is 0 Å². The first-order valence-electron chi connectivity index (χ1n) is 3.96. The number of carbonyl (C=O) groups is 1. The number of urea groups is 1. The highest BCUT2D eigenvalue weighted by Crippen LogP contribution is 2.12. The Morgan fingerprint density at radius 3 is 2.23 bits per heavy atom. The summed E-state index contributed by atoms with van der Waals surface area (Å²) in [5.41, 5.74) is -0.377. The van der Waals surface area contributed by atoms with E-state index in [1.165, 1.54) is 4.90 Å². The summed E-state index contributed by atoms with van der Waals surface area (Å²) < 4.78 is 22.2. The standard InChI is InChI=1S/C7H16N2O3S/c1-5-9(7(2,3)4)6(10)8-13(11)12/h5H2,1-4H3,(H,8,10)(H,11,12)/p-1. The molecule has 13 heavy (non-hydrogen) atoms. The minimum atomic E-state index is -2.54. The minimum Gasteiger partial charge on any atom is -0.755 e. The van der Waals surface area contributed by atoms with Crippen molar-refractivity contribution >= 4 is 17.3 Å². The van der Waals surface area contributed by atoms with Crippen LogP contribution in [0.5, 0.6) is 0 Å². The molecule has 6 heteroatoms. The Hall–Kier alpha value is -0.620. The molecule has 0 rings (SSSR count). The van der Waals surface area contributed by atoms with Gasteiger partial charge in [0, 0.05) is 23.4 Å². The molecule has 0 bridgehead atoms. The van der Waals surface area contributed by atoms with Crippen molar-refractivity contribution in [2.24, 2.45) is 0 Å². The zero-order valence-electron chi connectivity index (χ0n) is 8.29. The summed E-state index contributed by atoms with van der Waals surface area (Å²) in [6, 6.07) is -0.594. The van der Waals surface area contributed by atoms with Crippen molar-refractivity contribution in [1.29, 1.82) is 0 Å². The first-order chi connectivity index (χ1) is 5.79. The Morgan fingerprint density at radius 1 is 1.54 bits per heavy atom. The molecule has 2 amide bonds. The molecule has 5 nitrogen and oxygen atoms in total. The molecule has 0 aromatic rings. The fraction of sp³-hybridized carbons (Fsp3) is 0.857. The summed E-state index contributed by atoms with van der Waals surface area (Å²) in [5.74, 6) is 0. The average Bonchev–Trinajstić information content (AvgIpc) is 1.82. The predicted octanol–water partition coefficient (Wildman–Crippen LogP) is 0.611. The van der Waals surface area contributed by atoms with E-state index in [-0.39, 0.29) is 5.54 Å². The molecular weight excluding hydrogens is 192 g/mol. The van der Waals surface area contributed by atoms with Crippen LogP contribution in [0.1, 0.15) is 27.7 Å². The van der Waals surface area contributed by atoms with Crippen molar-refractivity contribution in [3.63, 3.8) is 0 Å². The molecule has 0 fully saturated rings. The lowest BCUT2D eigenvalue weighted by molar-refractivity contribution is 0.155. The van der Waals surface area contributed by atoms with Crippen molar-refractivity contribution in [1.82, 2.24) is 9.62 Å². The lowest BCUT2D eigenvalue weighted by Crippen LogP contribution is -2.50. The molecule has 0 heterocycles. The minimum absolute atomic E-state index is 0.377. The van der Waals surface area contributed by atoms with Gasteiger partial charge >= 0.3 is 6.03 Å². The Balaban J connectivity index is 4.42. The first kappa shape index (κ1) is 12.4. The quantitative estimate of drug-likeness (QED) is 0.674. The van der Waals surface area contributed by atoms with Gasteiger partial charge in [0.2, 0.25) is 0 Å². The van der Waals surface area contributed by atoms with Gasteiger partial charge in [0.25, 0.3) is 0 Å². The van der Waals surface area contributed by atoms with Gasteiger partial charge in [-0.2, -0.15) is 0 Å². The van der Waals surface area contributed by atoms with E-state index in [1.54, 1.807) is 11.6 Å². The van der Waals surface area contributed by atoms with Crippen LogP contribution in [0, 0.1) is 0 Å². The SMILES string of the molecule is CCN(C(=O)NS(=O)[O-])C(C)(C)C. The zero-order valence-corrected chi connectivity index (χ0v) is 9.10. The van der Waals surface area contributed by atoms with Crippen LogP contribution in [0.15, 0.2) is 0 Å². The van der Waals surface area contributed by atoms with Gasteiger partial charge in [-0.3, -0.25) is 8.93 Å². The molecule has 0 aromatic heterocycles. The summed E-state index contributed by atoms with van der Waals surface area (Å²) in [5, 5.41) is 0. The van der Waals surface area contributed by atoms with Crippen molar-refractivity contribution in [2.75, 3.05) is 6.54 Å². The molecule has 0 saturated carbocycles. The average molecular weight is 207 g/mol. The lowest BCUT2D eigenvalue weighted by Gasteiger charge is -2.34. The second kappa shape index (κ2) is 4.57. The normalized spacial score (nSPS) is 13.6. The largest absolute Gasteiger partial charge is 0.755 e. The van der Waals surface area contributed by atoms with Crippen molar-refractivity contribution in [2.45, 2.75) is 33.2 Å². The molecule has 1 unspecified atom stereocenters. The van der Waals surface area contributed by atoms with E-state index in [0.29, 0.717) is 6.54 Å². The summed E-state index contributed by atoms with van der Waals surface area (Å²) in [6.45, 7) is 7.77. The third-order valence-electron chi connectivity index (χ3n) is 1.54. The van der Waals surface area contributed by atoms with E-state index < -0.39 is 17.3 Å². The van der Waals surface area contributed by atoms with E-state index in [9.17, 15) is 13.6 Å². The van der Waals surface area contributed by atoms with Gasteiger partial charge in [-0.05, 0) is 27.7 Å². The number of rotatable bonds is 2. The van der Waals surface area contributed by atoms with Gasteiger partial charge in [-0.15, -0.1) is 0 Å². The van der Waals surface area contributed by atoms with E-state index in [4.69, 9.17) is 0 Å². The molecule has 0 aromatic carbocycles. The number of carbonyl (C=O) groups excluding carboxylic acids is 1. The fourth-order valence-electron chi connectivity index (χ4n) is 1.05. The Labute approximate surface area is 80.9 Å². The maximum absolute atomic E-state index is 11.3. The number of amides is 2. The Kier molecular flexibility index (Phi) is 4.35. The van der Waals surface area contributed by atoms with Crippen LogP contribution in [-0.4, -0.2) is 31.8 Å². The van der Waals surface area contributed by atoms with Gasteiger partial charge in [0.1, 0.15) is 0 Å². The van der Waals surface area contributed by atoms with Gasteiger partial charge in [0.05, 0.1) is 0 Å². The topological polar surface area (TPSA) is 72.5 Å². The highest BCUT2D eigenvalue weighted by molar-refractivity contribution is 7.77. The molecule has 78 valence electrons. The van der Waals surface area contributed by atoms with E-state index in [0.717, 1.165) is 0 Å². The van der Waals surface area contributed by atoms with Gasteiger partial charge in [0.15, 0.2) is 0 Å². The fourth-order valence-corrected chi connectivity index (χ4v) is 1.30. The van der Waals surface area contributed by atoms with Crippen LogP contribution in [0.4, 0.5) is 4.79 Å². The summed E-state index contributed by atoms with van der Waals surface area (Å²) in [7, 11) is 0. The second-order valence-corrected chi connectivity index (χ2v) is 4.23. The smallest absolute Gasteiger partial charge is 0.328 e. The lowest BCUT2D eigenvalue weighted by atomic mass is 10.1. The molecule has 0 aliphatic carbocycles. The van der Waals surface area contributed by atoms with Crippen molar-refractivity contribution in [3.05, 3.63) is 0 Å². The van der Waals surface area contributed by atoms with E-state index in [2.05, 4.69) is 0 Å². The molecule has 0 aliphatic heterocycles. The number of hydrogen-bond acceptors (Lipinski definition) is 3. The zero-order chi connectivity index (χ0) is 10.6. The maximum atomic E-state index is 11.3. The highest BCUT2D eigenvalue weighted by atomic mass is 32.2. The summed E-state index contributed by atoms with van der Waals surface area (Å²) >= 11 is -2.54. The van der Waals surface area contributed by atoms with Crippen LogP contribution < -0.4 is 4.72 Å². The van der Waals surface area contributed by atoms with Crippen LogP contribution >= 0.6 is 0 Å². The highest BCUT2D eigenvalue weighted by Gasteiger charge is 2.24. The van der Waals surface area contributed by atoms with E-state index >= 15 is 0 Å². The van der Waals surface area contributed by atoms with Crippen LogP contribution in [-0.2, 0) is 11.3 Å². The van der Waals surface area contributed by atoms with Crippen LogP contribution in [0.25, 0.3) is 0 Å². The number of hydrogen-bond donors (Lipinski definition) is 1. The van der Waals surface area contributed by atoms with Gasteiger partial charge in [-0.25, -0.2) is 4.79 Å². The van der Waals surface area contributed by atoms with Gasteiger partial charge < -0.3 is 9.45 Å². The summed E-state index contributed by atoms with van der Waals surface area (Å²) in [6.07, 6.45) is 0. The van der Waals surface area contributed by atoms with Crippen molar-refractivity contribution in [3.8, 4) is 0 Å². The van der Waals surface area contributed by atoms with E-state index in [1.807, 2.05) is 20.8 Å². The predicted molar refractivity (Wildman–Crippen MR) is 49.6 cm³/mol. The molecular formula is C7H15N2O3S-. The van der Waals surface area contributed by atoms with Crippen LogP contribution in [0.2, 0.25) is 0 Å². The molecule has 0 radical (unpaired) electrons. The number of nitrogens with zero attached hydrogens (tertiary/aromatic N) is 1. The molecule has 1 N–H and O–H groups in total. The monoisotopic (exact) mass is 207 g/mol. The molecule has 0 saturated heterocycles.